The Kier molecular flexibility index (Phi) is 4.85. The highest BCUT2D eigenvalue weighted by atomic mass is 35.5. The Labute approximate surface area is 161 Å². The zero-order chi connectivity index (χ0) is 18.9. The van der Waals surface area contributed by atoms with Gasteiger partial charge in [0.2, 0.25) is 6.10 Å². The van der Waals surface area contributed by atoms with E-state index >= 15 is 0 Å². The molecule has 5 nitrogen and oxygen atoms in total. The van der Waals surface area contributed by atoms with Crippen molar-refractivity contribution >= 4 is 11.6 Å². The molecule has 1 unspecified atom stereocenters. The van der Waals surface area contributed by atoms with Crippen LogP contribution in [0.2, 0.25) is 5.02 Å². The largest absolute Gasteiger partial charge is 0.474 e. The van der Waals surface area contributed by atoms with Gasteiger partial charge in [0.15, 0.2) is 5.82 Å². The molecule has 1 aliphatic carbocycles. The molecule has 1 aliphatic rings. The van der Waals surface area contributed by atoms with Crippen LogP contribution in [0.5, 0.6) is 5.75 Å². The quantitative estimate of drug-likeness (QED) is 0.683. The predicted molar refractivity (Wildman–Crippen MR) is 99.0 cm³/mol. The van der Waals surface area contributed by atoms with Crippen molar-refractivity contribution in [3.05, 3.63) is 76.6 Å². The van der Waals surface area contributed by atoms with Gasteiger partial charge in [-0.1, -0.05) is 59.9 Å². The van der Waals surface area contributed by atoms with Crippen molar-refractivity contribution in [3.8, 4) is 5.75 Å². The van der Waals surface area contributed by atoms with E-state index in [1.807, 2.05) is 30.3 Å². The highest BCUT2D eigenvalue weighted by Gasteiger charge is 2.37. The first-order chi connectivity index (χ1) is 13.0. The normalized spacial score (nSPS) is 17.0. The number of hydrogen-bond donors (Lipinski definition) is 1. The molecule has 1 aromatic heterocycles. The molecule has 0 aliphatic heterocycles. The van der Waals surface area contributed by atoms with Crippen LogP contribution in [0.3, 0.4) is 0 Å². The summed E-state index contributed by atoms with van der Waals surface area (Å²) in [6.45, 7) is 0. The van der Waals surface area contributed by atoms with Crippen molar-refractivity contribution < 1.29 is 13.7 Å². The Morgan fingerprint density at radius 2 is 1.89 bits per heavy atom. The third-order valence-electron chi connectivity index (χ3n) is 4.85. The van der Waals surface area contributed by atoms with E-state index in [-0.39, 0.29) is 10.9 Å². The summed E-state index contributed by atoms with van der Waals surface area (Å²) >= 11 is 6.13. The lowest BCUT2D eigenvalue weighted by molar-refractivity contribution is 0.193. The fraction of sp³-hybridized carbons (Fsp3) is 0.300. The molecule has 0 saturated heterocycles. The van der Waals surface area contributed by atoms with Crippen LogP contribution < -0.4 is 10.5 Å². The zero-order valence-corrected chi connectivity index (χ0v) is 15.3. The highest BCUT2D eigenvalue weighted by Crippen LogP contribution is 2.37. The smallest absolute Gasteiger partial charge is 0.272 e. The molecule has 1 saturated carbocycles. The fourth-order valence-corrected chi connectivity index (χ4v) is 3.57. The van der Waals surface area contributed by atoms with Crippen LogP contribution in [-0.2, 0) is 5.54 Å². The Balaban J connectivity index is 1.70. The summed E-state index contributed by atoms with van der Waals surface area (Å²) in [5.41, 5.74) is 6.69. The number of hydrogen-bond acceptors (Lipinski definition) is 5. The Morgan fingerprint density at radius 1 is 1.15 bits per heavy atom. The number of halogens is 2. The second kappa shape index (κ2) is 7.29. The molecule has 27 heavy (non-hydrogen) atoms. The molecular weight excluding hydrogens is 369 g/mol. The second-order valence-electron chi connectivity index (χ2n) is 6.80. The van der Waals surface area contributed by atoms with Crippen LogP contribution in [0.4, 0.5) is 4.39 Å². The van der Waals surface area contributed by atoms with Crippen LogP contribution in [0.1, 0.15) is 49.1 Å². The van der Waals surface area contributed by atoms with Gasteiger partial charge < -0.3 is 15.0 Å². The molecule has 0 radical (unpaired) electrons. The summed E-state index contributed by atoms with van der Waals surface area (Å²) in [5, 5.41) is 4.28. The lowest BCUT2D eigenvalue weighted by Gasteiger charge is -2.19. The van der Waals surface area contributed by atoms with Crippen molar-refractivity contribution in [3.63, 3.8) is 0 Å². The highest BCUT2D eigenvalue weighted by molar-refractivity contribution is 6.32. The predicted octanol–water partition coefficient (Wildman–Crippen LogP) is 4.76. The Bertz CT molecular complexity index is 926. The first-order valence-corrected chi connectivity index (χ1v) is 9.23. The summed E-state index contributed by atoms with van der Waals surface area (Å²) in [7, 11) is 0. The molecule has 0 spiro atoms. The molecule has 4 rings (SSSR count). The minimum atomic E-state index is -0.680. The number of aromatic nitrogens is 2. The van der Waals surface area contributed by atoms with Gasteiger partial charge in [0.05, 0.1) is 10.6 Å². The van der Waals surface area contributed by atoms with Crippen molar-refractivity contribution in [1.82, 2.24) is 10.1 Å². The van der Waals surface area contributed by atoms with E-state index in [0.717, 1.165) is 31.2 Å². The van der Waals surface area contributed by atoms with E-state index in [1.165, 1.54) is 18.2 Å². The minimum absolute atomic E-state index is 0.168. The average Bonchev–Trinajstić information content (AvgIpc) is 3.32. The first-order valence-electron chi connectivity index (χ1n) is 8.85. The third-order valence-corrected chi connectivity index (χ3v) is 5.14. The van der Waals surface area contributed by atoms with Gasteiger partial charge in [-0.05, 0) is 31.0 Å². The molecule has 140 valence electrons. The molecule has 1 atom stereocenters. The first kappa shape index (κ1) is 17.9. The van der Waals surface area contributed by atoms with Crippen LogP contribution in [0.25, 0.3) is 0 Å². The molecule has 1 heterocycles. The summed E-state index contributed by atoms with van der Waals surface area (Å²) in [6, 6.07) is 13.4. The molecule has 7 heteroatoms. The van der Waals surface area contributed by atoms with Gasteiger partial charge in [0.25, 0.3) is 5.89 Å². The number of nitrogens with two attached hydrogens (primary N) is 1. The average molecular weight is 388 g/mol. The molecule has 3 aromatic rings. The summed E-state index contributed by atoms with van der Waals surface area (Å²) in [4.78, 5) is 4.54. The fourth-order valence-electron chi connectivity index (χ4n) is 3.36. The van der Waals surface area contributed by atoms with Crippen molar-refractivity contribution in [2.24, 2.45) is 5.73 Å². The second-order valence-corrected chi connectivity index (χ2v) is 7.21. The van der Waals surface area contributed by atoms with Gasteiger partial charge in [0, 0.05) is 5.56 Å². The number of ether oxygens (including phenoxy) is 1. The van der Waals surface area contributed by atoms with Crippen LogP contribution in [-0.4, -0.2) is 10.1 Å². The van der Waals surface area contributed by atoms with Gasteiger partial charge in [-0.3, -0.25) is 0 Å². The molecule has 1 fully saturated rings. The van der Waals surface area contributed by atoms with Gasteiger partial charge >= 0.3 is 0 Å². The van der Waals surface area contributed by atoms with E-state index in [0.29, 0.717) is 11.6 Å². The van der Waals surface area contributed by atoms with Crippen LogP contribution in [0, 0.1) is 5.82 Å². The Morgan fingerprint density at radius 3 is 2.59 bits per heavy atom. The van der Waals surface area contributed by atoms with Gasteiger partial charge in [0.1, 0.15) is 11.6 Å². The van der Waals surface area contributed by atoms with Crippen LogP contribution >= 0.6 is 11.6 Å². The van der Waals surface area contributed by atoms with E-state index < -0.39 is 17.5 Å². The summed E-state index contributed by atoms with van der Waals surface area (Å²) < 4.78 is 24.9. The molecular formula is C20H19ClFN3O2. The van der Waals surface area contributed by atoms with E-state index in [9.17, 15) is 4.39 Å². The van der Waals surface area contributed by atoms with E-state index in [4.69, 9.17) is 26.6 Å². The van der Waals surface area contributed by atoms with Crippen molar-refractivity contribution in [2.75, 3.05) is 0 Å². The van der Waals surface area contributed by atoms with E-state index in [1.54, 1.807) is 0 Å². The van der Waals surface area contributed by atoms with Crippen LogP contribution in [0.15, 0.2) is 53.1 Å². The van der Waals surface area contributed by atoms with E-state index in [2.05, 4.69) is 10.1 Å². The van der Waals surface area contributed by atoms with Gasteiger partial charge in [-0.2, -0.15) is 4.98 Å². The molecule has 2 aromatic carbocycles. The monoisotopic (exact) mass is 387 g/mol. The van der Waals surface area contributed by atoms with Gasteiger partial charge in [-0.25, -0.2) is 4.39 Å². The molecule has 0 bridgehead atoms. The Hall–Kier alpha value is -2.44. The minimum Gasteiger partial charge on any atom is -0.474 e. The standard InChI is InChI=1S/C20H19ClFN3O2/c21-15-12-14(22)8-9-16(15)26-17(13-6-2-1-3-7-13)18-24-19(25-27-18)20(23)10-4-5-11-20/h1-3,6-9,12,17H,4-5,10-11,23H2. The number of benzene rings is 2. The zero-order valence-electron chi connectivity index (χ0n) is 14.6. The summed E-state index contributed by atoms with van der Waals surface area (Å²) in [5.74, 6) is 0.669. The summed E-state index contributed by atoms with van der Waals surface area (Å²) in [6.07, 6.45) is 3.06. The number of rotatable bonds is 5. The number of nitrogens with zero attached hydrogens (tertiary/aromatic N) is 2. The maximum absolute atomic E-state index is 13.4. The molecule has 2 N–H and O–H groups in total. The maximum Gasteiger partial charge on any atom is 0.272 e. The lowest BCUT2D eigenvalue weighted by atomic mass is 9.98. The lowest BCUT2D eigenvalue weighted by Crippen LogP contribution is -2.34. The third kappa shape index (κ3) is 3.68. The van der Waals surface area contributed by atoms with Gasteiger partial charge in [-0.15, -0.1) is 0 Å². The van der Waals surface area contributed by atoms with Crippen molar-refractivity contribution in [2.45, 2.75) is 37.3 Å². The maximum atomic E-state index is 13.4. The SMILES string of the molecule is NC1(c2noc(C(Oc3ccc(F)cc3Cl)c3ccccc3)n2)CCCC1. The molecule has 0 amide bonds. The van der Waals surface area contributed by atoms with Crippen molar-refractivity contribution in [1.29, 1.82) is 0 Å². The topological polar surface area (TPSA) is 74.2 Å².